The van der Waals surface area contributed by atoms with Crippen molar-refractivity contribution in [1.82, 2.24) is 0 Å². The highest BCUT2D eigenvalue weighted by Crippen LogP contribution is 2.11. The summed E-state index contributed by atoms with van der Waals surface area (Å²) in [5, 5.41) is 9.08. The summed E-state index contributed by atoms with van der Waals surface area (Å²) in [4.78, 5) is 10.8. The molecular formula is C14H28O3. The highest BCUT2D eigenvalue weighted by Gasteiger charge is 1.99. The molecule has 0 bridgehead atoms. The first-order chi connectivity index (χ1) is 8.16. The van der Waals surface area contributed by atoms with Crippen LogP contribution in [0.3, 0.4) is 0 Å². The van der Waals surface area contributed by atoms with Crippen LogP contribution in [0.2, 0.25) is 0 Å². The van der Waals surface area contributed by atoms with Crippen LogP contribution < -0.4 is 0 Å². The van der Waals surface area contributed by atoms with Gasteiger partial charge in [-0.3, -0.25) is 4.79 Å². The van der Waals surface area contributed by atoms with E-state index in [1.165, 1.54) is 39.2 Å². The van der Waals surface area contributed by atoms with Gasteiger partial charge in [-0.25, -0.2) is 0 Å². The van der Waals surface area contributed by atoms with Crippen molar-refractivity contribution in [3.63, 3.8) is 0 Å². The van der Waals surface area contributed by atoms with Crippen LogP contribution in [-0.4, -0.2) is 24.3 Å². The SMILES string of the molecule is COC(=O)CCCCCCCCCCC(C)O. The third-order valence-electron chi connectivity index (χ3n) is 2.98. The number of hydrogen-bond donors (Lipinski definition) is 1. The molecule has 0 saturated heterocycles. The van der Waals surface area contributed by atoms with E-state index in [1.807, 2.05) is 6.92 Å². The first kappa shape index (κ1) is 16.4. The molecule has 0 aromatic heterocycles. The normalized spacial score (nSPS) is 12.4. The average Bonchev–Trinajstić information content (AvgIpc) is 2.30. The minimum absolute atomic E-state index is 0.0943. The Morgan fingerprint density at radius 3 is 1.94 bits per heavy atom. The Bertz CT molecular complexity index is 178. The van der Waals surface area contributed by atoms with Crippen LogP contribution >= 0.6 is 0 Å². The van der Waals surface area contributed by atoms with Gasteiger partial charge in [-0.2, -0.15) is 0 Å². The Labute approximate surface area is 106 Å². The van der Waals surface area contributed by atoms with Crippen molar-refractivity contribution in [3.8, 4) is 0 Å². The van der Waals surface area contributed by atoms with Crippen LogP contribution in [-0.2, 0) is 9.53 Å². The predicted octanol–water partition coefficient (Wildman–Crippen LogP) is 3.44. The Hall–Kier alpha value is -0.570. The van der Waals surface area contributed by atoms with Gasteiger partial charge in [0.25, 0.3) is 0 Å². The van der Waals surface area contributed by atoms with E-state index in [-0.39, 0.29) is 12.1 Å². The van der Waals surface area contributed by atoms with Crippen molar-refractivity contribution in [2.75, 3.05) is 7.11 Å². The van der Waals surface area contributed by atoms with Gasteiger partial charge in [0.1, 0.15) is 0 Å². The lowest BCUT2D eigenvalue weighted by atomic mass is 10.1. The number of carbonyl (C=O) groups is 1. The van der Waals surface area contributed by atoms with Gasteiger partial charge in [-0.15, -0.1) is 0 Å². The molecule has 0 aliphatic heterocycles. The molecule has 0 aliphatic carbocycles. The molecule has 1 unspecified atom stereocenters. The van der Waals surface area contributed by atoms with Crippen molar-refractivity contribution in [3.05, 3.63) is 0 Å². The van der Waals surface area contributed by atoms with Gasteiger partial charge in [0, 0.05) is 6.42 Å². The zero-order valence-corrected chi connectivity index (χ0v) is 11.4. The summed E-state index contributed by atoms with van der Waals surface area (Å²) in [5.41, 5.74) is 0. The number of aliphatic hydroxyl groups is 1. The summed E-state index contributed by atoms with van der Waals surface area (Å²) >= 11 is 0. The fraction of sp³-hybridized carbons (Fsp3) is 0.929. The molecule has 0 fully saturated rings. The number of carbonyl (C=O) groups excluding carboxylic acids is 1. The van der Waals surface area contributed by atoms with E-state index in [1.54, 1.807) is 0 Å². The quantitative estimate of drug-likeness (QED) is 0.447. The summed E-state index contributed by atoms with van der Waals surface area (Å²) in [7, 11) is 1.44. The highest BCUT2D eigenvalue weighted by molar-refractivity contribution is 5.68. The number of unbranched alkanes of at least 4 members (excludes halogenated alkanes) is 7. The lowest BCUT2D eigenvalue weighted by Gasteiger charge is -2.04. The molecule has 1 N–H and O–H groups in total. The first-order valence-corrected chi connectivity index (χ1v) is 6.91. The van der Waals surface area contributed by atoms with Crippen LogP contribution in [0.15, 0.2) is 0 Å². The zero-order valence-electron chi connectivity index (χ0n) is 11.4. The van der Waals surface area contributed by atoms with E-state index in [4.69, 9.17) is 5.11 Å². The molecular weight excluding hydrogens is 216 g/mol. The molecule has 0 rings (SSSR count). The monoisotopic (exact) mass is 244 g/mol. The summed E-state index contributed by atoms with van der Waals surface area (Å²) in [5.74, 6) is -0.0943. The summed E-state index contributed by atoms with van der Waals surface area (Å²) in [6.07, 6.45) is 10.8. The number of aliphatic hydroxyl groups excluding tert-OH is 1. The first-order valence-electron chi connectivity index (χ1n) is 6.91. The number of hydrogen-bond acceptors (Lipinski definition) is 3. The maximum Gasteiger partial charge on any atom is 0.305 e. The van der Waals surface area contributed by atoms with E-state index in [0.717, 1.165) is 25.7 Å². The van der Waals surface area contributed by atoms with Gasteiger partial charge >= 0.3 is 5.97 Å². The van der Waals surface area contributed by atoms with Gasteiger partial charge in [0.2, 0.25) is 0 Å². The number of rotatable bonds is 11. The topological polar surface area (TPSA) is 46.5 Å². The summed E-state index contributed by atoms with van der Waals surface area (Å²) < 4.78 is 4.58. The summed E-state index contributed by atoms with van der Waals surface area (Å²) in [6.45, 7) is 1.85. The van der Waals surface area contributed by atoms with Crippen molar-refractivity contribution < 1.29 is 14.6 Å². The maximum atomic E-state index is 10.8. The van der Waals surface area contributed by atoms with Crippen LogP contribution in [0.25, 0.3) is 0 Å². The van der Waals surface area contributed by atoms with Gasteiger partial charge in [0.15, 0.2) is 0 Å². The molecule has 17 heavy (non-hydrogen) atoms. The Balaban J connectivity index is 3.01. The van der Waals surface area contributed by atoms with Crippen LogP contribution in [0, 0.1) is 0 Å². The van der Waals surface area contributed by atoms with Gasteiger partial charge < -0.3 is 9.84 Å². The number of ether oxygens (including phenoxy) is 1. The van der Waals surface area contributed by atoms with Crippen molar-refractivity contribution in [2.24, 2.45) is 0 Å². The highest BCUT2D eigenvalue weighted by atomic mass is 16.5. The van der Waals surface area contributed by atoms with Crippen LogP contribution in [0.4, 0.5) is 0 Å². The third-order valence-corrected chi connectivity index (χ3v) is 2.98. The molecule has 0 aromatic rings. The largest absolute Gasteiger partial charge is 0.469 e. The molecule has 3 heteroatoms. The lowest BCUT2D eigenvalue weighted by Crippen LogP contribution is -1.99. The second kappa shape index (κ2) is 11.9. The molecule has 1 atom stereocenters. The van der Waals surface area contributed by atoms with E-state index in [0.29, 0.717) is 6.42 Å². The average molecular weight is 244 g/mol. The minimum atomic E-state index is -0.145. The molecule has 0 radical (unpaired) electrons. The Kier molecular flexibility index (Phi) is 11.5. The van der Waals surface area contributed by atoms with Gasteiger partial charge in [0.05, 0.1) is 13.2 Å². The molecule has 0 amide bonds. The van der Waals surface area contributed by atoms with E-state index in [2.05, 4.69) is 4.74 Å². The number of esters is 1. The maximum absolute atomic E-state index is 10.8. The fourth-order valence-electron chi connectivity index (χ4n) is 1.87. The standard InChI is InChI=1S/C14H28O3/c1-13(15)11-9-7-5-3-4-6-8-10-12-14(16)17-2/h13,15H,3-12H2,1-2H3. The van der Waals surface area contributed by atoms with Gasteiger partial charge in [-0.1, -0.05) is 44.9 Å². The summed E-state index contributed by atoms with van der Waals surface area (Å²) in [6, 6.07) is 0. The Morgan fingerprint density at radius 1 is 1.00 bits per heavy atom. The zero-order chi connectivity index (χ0) is 12.9. The molecule has 0 heterocycles. The predicted molar refractivity (Wildman–Crippen MR) is 69.9 cm³/mol. The molecule has 0 aliphatic rings. The lowest BCUT2D eigenvalue weighted by molar-refractivity contribution is -0.140. The Morgan fingerprint density at radius 2 is 1.47 bits per heavy atom. The molecule has 0 aromatic carbocycles. The molecule has 3 nitrogen and oxygen atoms in total. The van der Waals surface area contributed by atoms with E-state index in [9.17, 15) is 4.79 Å². The molecule has 0 saturated carbocycles. The van der Waals surface area contributed by atoms with Crippen molar-refractivity contribution in [2.45, 2.75) is 77.2 Å². The minimum Gasteiger partial charge on any atom is -0.469 e. The van der Waals surface area contributed by atoms with Crippen LogP contribution in [0.1, 0.15) is 71.1 Å². The third kappa shape index (κ3) is 13.4. The molecule has 102 valence electrons. The van der Waals surface area contributed by atoms with Gasteiger partial charge in [-0.05, 0) is 19.8 Å². The second-order valence-corrected chi connectivity index (χ2v) is 4.79. The van der Waals surface area contributed by atoms with E-state index >= 15 is 0 Å². The number of methoxy groups -OCH3 is 1. The smallest absolute Gasteiger partial charge is 0.305 e. The van der Waals surface area contributed by atoms with Crippen LogP contribution in [0.5, 0.6) is 0 Å². The van der Waals surface area contributed by atoms with Crippen molar-refractivity contribution in [1.29, 1.82) is 0 Å². The fourth-order valence-corrected chi connectivity index (χ4v) is 1.87. The molecule has 0 spiro atoms. The second-order valence-electron chi connectivity index (χ2n) is 4.79. The van der Waals surface area contributed by atoms with E-state index < -0.39 is 0 Å². The van der Waals surface area contributed by atoms with Crippen molar-refractivity contribution >= 4 is 5.97 Å².